The van der Waals surface area contributed by atoms with Gasteiger partial charge in [-0.15, -0.1) is 0 Å². The lowest BCUT2D eigenvalue weighted by molar-refractivity contribution is -0.149. The fourth-order valence-corrected chi connectivity index (χ4v) is 3.64. The molecule has 0 saturated carbocycles. The van der Waals surface area contributed by atoms with E-state index in [2.05, 4.69) is 10.3 Å². The van der Waals surface area contributed by atoms with Gasteiger partial charge >= 0.3 is 24.0 Å². The number of amides is 1. The first-order valence-electron chi connectivity index (χ1n) is 12.9. The van der Waals surface area contributed by atoms with Crippen LogP contribution in [0, 0.1) is 5.41 Å². The first kappa shape index (κ1) is 34.3. The minimum absolute atomic E-state index is 0.147. The highest BCUT2D eigenvalue weighted by Crippen LogP contribution is 2.20. The van der Waals surface area contributed by atoms with Crippen molar-refractivity contribution in [3.63, 3.8) is 0 Å². The maximum absolute atomic E-state index is 12.6. The van der Waals surface area contributed by atoms with Gasteiger partial charge in [-0.25, -0.2) is 19.2 Å². The number of ether oxygens (including phenoxy) is 4. The Morgan fingerprint density at radius 3 is 2.17 bits per heavy atom. The van der Waals surface area contributed by atoms with Crippen molar-refractivity contribution in [3.8, 4) is 0 Å². The second-order valence-corrected chi connectivity index (χ2v) is 11.6. The standard InChI is InChI=1S/C26H44N6O8/c1-9-37-20(33)17(31-23(36)40-24(2,3)4)12-16-10-11-32(13-16)15-26(7,8)39-22(35)19(29)30-14-25(5,6)38-21(34)18(27)28/h10,17H,9,11-15H2,1-8H3,(H3,27,28)(H2,29,30)(H,31,36). The third-order valence-corrected chi connectivity index (χ3v) is 5.19. The van der Waals surface area contributed by atoms with Crippen molar-refractivity contribution < 1.29 is 38.1 Å². The van der Waals surface area contributed by atoms with Crippen molar-refractivity contribution in [2.75, 3.05) is 32.8 Å². The van der Waals surface area contributed by atoms with Crippen LogP contribution >= 0.6 is 0 Å². The smallest absolute Gasteiger partial charge is 0.408 e. The van der Waals surface area contributed by atoms with Crippen LogP contribution in [0.4, 0.5) is 4.79 Å². The van der Waals surface area contributed by atoms with Gasteiger partial charge in [0.25, 0.3) is 0 Å². The van der Waals surface area contributed by atoms with Gasteiger partial charge in [0, 0.05) is 26.1 Å². The number of carbonyl (C=O) groups excluding carboxylic acids is 4. The van der Waals surface area contributed by atoms with Gasteiger partial charge < -0.3 is 35.7 Å². The lowest BCUT2D eigenvalue weighted by Crippen LogP contribution is -2.45. The van der Waals surface area contributed by atoms with E-state index in [1.54, 1.807) is 41.5 Å². The van der Waals surface area contributed by atoms with Crippen LogP contribution in [0.2, 0.25) is 0 Å². The monoisotopic (exact) mass is 568 g/mol. The number of nitrogens with two attached hydrogens (primary N) is 2. The highest BCUT2D eigenvalue weighted by Gasteiger charge is 2.32. The van der Waals surface area contributed by atoms with Gasteiger partial charge in [0.05, 0.1) is 13.2 Å². The van der Waals surface area contributed by atoms with E-state index in [1.165, 1.54) is 13.8 Å². The Morgan fingerprint density at radius 2 is 1.62 bits per heavy atom. The topological polar surface area (TPSA) is 209 Å². The zero-order chi connectivity index (χ0) is 30.9. The predicted octanol–water partition coefficient (Wildman–Crippen LogP) is 1.01. The van der Waals surface area contributed by atoms with Gasteiger partial charge in [-0.2, -0.15) is 0 Å². The summed E-state index contributed by atoms with van der Waals surface area (Å²) in [7, 11) is 0. The molecule has 1 unspecified atom stereocenters. The fourth-order valence-electron chi connectivity index (χ4n) is 3.64. The Hall–Kier alpha value is -3.68. The van der Waals surface area contributed by atoms with E-state index >= 15 is 0 Å². The van der Waals surface area contributed by atoms with Gasteiger partial charge in [0.1, 0.15) is 22.8 Å². The Balaban J connectivity index is 2.71. The number of rotatable bonds is 11. The zero-order valence-electron chi connectivity index (χ0n) is 24.7. The largest absolute Gasteiger partial charge is 0.464 e. The molecule has 0 fully saturated rings. The van der Waals surface area contributed by atoms with Crippen LogP contribution < -0.4 is 16.8 Å². The van der Waals surface area contributed by atoms with Crippen molar-refractivity contribution in [1.29, 1.82) is 5.41 Å². The van der Waals surface area contributed by atoms with Crippen LogP contribution in [0.1, 0.15) is 61.8 Å². The number of esters is 3. The molecular formula is C26H44N6O8. The summed E-state index contributed by atoms with van der Waals surface area (Å²) in [6, 6.07) is -0.915. The molecule has 0 saturated heterocycles. The summed E-state index contributed by atoms with van der Waals surface area (Å²) < 4.78 is 21.0. The molecule has 40 heavy (non-hydrogen) atoms. The first-order chi connectivity index (χ1) is 18.2. The molecule has 14 nitrogen and oxygen atoms in total. The van der Waals surface area contributed by atoms with E-state index in [0.29, 0.717) is 19.6 Å². The second kappa shape index (κ2) is 14.1. The van der Waals surface area contributed by atoms with Crippen LogP contribution in [0.25, 0.3) is 0 Å². The average Bonchev–Trinajstić information content (AvgIpc) is 3.21. The molecule has 14 heteroatoms. The number of amidine groups is 2. The van der Waals surface area contributed by atoms with E-state index in [1.807, 2.05) is 11.0 Å². The molecule has 0 radical (unpaired) electrons. The molecule has 0 aromatic carbocycles. The molecule has 0 bridgehead atoms. The summed E-state index contributed by atoms with van der Waals surface area (Å²) >= 11 is 0. The van der Waals surface area contributed by atoms with Crippen molar-refractivity contribution in [1.82, 2.24) is 10.2 Å². The van der Waals surface area contributed by atoms with E-state index in [0.717, 1.165) is 5.57 Å². The molecule has 0 aliphatic carbocycles. The molecule has 0 aromatic heterocycles. The lowest BCUT2D eigenvalue weighted by atomic mass is 10.1. The van der Waals surface area contributed by atoms with Gasteiger partial charge in [-0.3, -0.25) is 15.3 Å². The normalized spacial score (nSPS) is 15.5. The Kier molecular flexibility index (Phi) is 12.1. The SMILES string of the molecule is CCOC(=O)C(CC1=CCN(CC(C)(C)OC(=O)C(N)=NCC(C)(C)OC(=O)C(=N)N)C1)NC(=O)OC(C)(C)C. The number of nitrogens with zero attached hydrogens (tertiary/aromatic N) is 2. The van der Waals surface area contributed by atoms with Crippen LogP contribution in [0.3, 0.4) is 0 Å². The van der Waals surface area contributed by atoms with Gasteiger partial charge in [0.15, 0.2) is 0 Å². The third kappa shape index (κ3) is 12.9. The van der Waals surface area contributed by atoms with Crippen LogP contribution in [0.15, 0.2) is 16.6 Å². The van der Waals surface area contributed by atoms with Gasteiger partial charge in [0.2, 0.25) is 11.7 Å². The van der Waals surface area contributed by atoms with E-state index in [4.69, 9.17) is 35.8 Å². The highest BCUT2D eigenvalue weighted by molar-refractivity contribution is 6.35. The molecule has 226 valence electrons. The van der Waals surface area contributed by atoms with Gasteiger partial charge in [-0.1, -0.05) is 11.6 Å². The summed E-state index contributed by atoms with van der Waals surface area (Å²) in [4.78, 5) is 54.8. The number of hydrogen-bond donors (Lipinski definition) is 4. The Labute approximate surface area is 235 Å². The molecule has 1 atom stereocenters. The summed E-state index contributed by atoms with van der Waals surface area (Å²) in [6.45, 7) is 14.8. The van der Waals surface area contributed by atoms with Crippen LogP contribution in [0.5, 0.6) is 0 Å². The van der Waals surface area contributed by atoms with Gasteiger partial charge in [-0.05, 0) is 55.4 Å². The summed E-state index contributed by atoms with van der Waals surface area (Å²) in [6.07, 6.45) is 1.47. The van der Waals surface area contributed by atoms with Crippen molar-refractivity contribution in [3.05, 3.63) is 11.6 Å². The van der Waals surface area contributed by atoms with Crippen LogP contribution in [-0.2, 0) is 33.3 Å². The van der Waals surface area contributed by atoms with Crippen LogP contribution in [-0.4, -0.2) is 96.2 Å². The Morgan fingerprint density at radius 1 is 1.02 bits per heavy atom. The fraction of sp³-hybridized carbons (Fsp3) is 0.692. The maximum Gasteiger partial charge on any atom is 0.408 e. The summed E-state index contributed by atoms with van der Waals surface area (Å²) in [5, 5.41) is 9.70. The highest BCUT2D eigenvalue weighted by atomic mass is 16.6. The lowest BCUT2D eigenvalue weighted by Gasteiger charge is -2.30. The number of hydrogen-bond acceptors (Lipinski definition) is 11. The quantitative estimate of drug-likeness (QED) is 0.0908. The number of alkyl carbamates (subject to hydrolysis) is 1. The number of nitrogens with one attached hydrogen (secondary N) is 2. The predicted molar refractivity (Wildman–Crippen MR) is 148 cm³/mol. The Bertz CT molecular complexity index is 1030. The third-order valence-electron chi connectivity index (χ3n) is 5.19. The molecule has 1 aliphatic heterocycles. The number of aliphatic imine (C=N–C) groups is 1. The minimum Gasteiger partial charge on any atom is -0.464 e. The molecule has 1 rings (SSSR count). The molecule has 1 amide bonds. The second-order valence-electron chi connectivity index (χ2n) is 11.6. The minimum atomic E-state index is -1.15. The van der Waals surface area contributed by atoms with Crippen molar-refractivity contribution in [2.24, 2.45) is 16.5 Å². The molecule has 0 aromatic rings. The van der Waals surface area contributed by atoms with Crippen molar-refractivity contribution in [2.45, 2.75) is 84.7 Å². The van der Waals surface area contributed by atoms with E-state index in [9.17, 15) is 19.2 Å². The first-order valence-corrected chi connectivity index (χ1v) is 12.9. The number of carbonyl (C=O) groups is 4. The molecular weight excluding hydrogens is 524 g/mol. The average molecular weight is 569 g/mol. The zero-order valence-corrected chi connectivity index (χ0v) is 24.7. The molecule has 0 spiro atoms. The maximum atomic E-state index is 12.6. The molecule has 1 heterocycles. The summed E-state index contributed by atoms with van der Waals surface area (Å²) in [5.74, 6) is -3.55. The van der Waals surface area contributed by atoms with E-state index in [-0.39, 0.29) is 19.6 Å². The summed E-state index contributed by atoms with van der Waals surface area (Å²) in [5.41, 5.74) is 8.98. The van der Waals surface area contributed by atoms with Crippen molar-refractivity contribution >= 4 is 35.7 Å². The molecule has 6 N–H and O–H groups in total. The molecule has 1 aliphatic rings. The van der Waals surface area contributed by atoms with E-state index < -0.39 is 58.5 Å².